The van der Waals surface area contributed by atoms with E-state index in [1.165, 1.54) is 5.56 Å². The first-order valence-electron chi connectivity index (χ1n) is 8.95. The Labute approximate surface area is 157 Å². The van der Waals surface area contributed by atoms with Gasteiger partial charge in [0.25, 0.3) is 0 Å². The second kappa shape index (κ2) is 7.45. The zero-order chi connectivity index (χ0) is 17.9. The molecule has 0 aliphatic carbocycles. The van der Waals surface area contributed by atoms with Gasteiger partial charge in [0.05, 0.1) is 6.54 Å². The Kier molecular flexibility index (Phi) is 4.88. The molecule has 2 amide bonds. The second-order valence-corrected chi connectivity index (χ2v) is 7.64. The molecule has 4 rings (SSSR count). The quantitative estimate of drug-likeness (QED) is 0.824. The van der Waals surface area contributed by atoms with Crippen molar-refractivity contribution in [3.63, 3.8) is 0 Å². The van der Waals surface area contributed by atoms with Gasteiger partial charge in [-0.05, 0) is 5.56 Å². The number of hydrogen-bond acceptors (Lipinski definition) is 5. The van der Waals surface area contributed by atoms with Crippen LogP contribution >= 0.6 is 11.3 Å². The Balaban J connectivity index is 1.30. The molecule has 0 saturated carbocycles. The summed E-state index contributed by atoms with van der Waals surface area (Å²) in [6.45, 7) is 3.78. The molecule has 0 N–H and O–H groups in total. The van der Waals surface area contributed by atoms with Gasteiger partial charge in [-0.2, -0.15) is 0 Å². The summed E-state index contributed by atoms with van der Waals surface area (Å²) in [5.41, 5.74) is 1.17. The van der Waals surface area contributed by atoms with Crippen molar-refractivity contribution in [3.8, 4) is 0 Å². The van der Waals surface area contributed by atoms with Crippen molar-refractivity contribution in [1.29, 1.82) is 0 Å². The van der Waals surface area contributed by atoms with Gasteiger partial charge >= 0.3 is 0 Å². The van der Waals surface area contributed by atoms with Crippen LogP contribution in [0, 0.1) is 0 Å². The maximum absolute atomic E-state index is 12.6. The summed E-state index contributed by atoms with van der Waals surface area (Å²) in [5, 5.41) is 2.98. The molecule has 0 spiro atoms. The van der Waals surface area contributed by atoms with E-state index in [0.717, 1.165) is 18.2 Å². The SMILES string of the molecule is O=C(CN1CC(c2ccccc2)CC1=O)N1CCN(c2nccs2)CC1. The van der Waals surface area contributed by atoms with Crippen molar-refractivity contribution in [1.82, 2.24) is 14.8 Å². The lowest BCUT2D eigenvalue weighted by Crippen LogP contribution is -2.51. The van der Waals surface area contributed by atoms with E-state index in [1.54, 1.807) is 22.4 Å². The van der Waals surface area contributed by atoms with Crippen LogP contribution in [0.5, 0.6) is 0 Å². The van der Waals surface area contributed by atoms with Crippen LogP contribution in [0.1, 0.15) is 17.9 Å². The van der Waals surface area contributed by atoms with Crippen molar-refractivity contribution >= 4 is 28.3 Å². The van der Waals surface area contributed by atoms with Gasteiger partial charge < -0.3 is 14.7 Å². The molecule has 0 bridgehead atoms. The third-order valence-electron chi connectivity index (χ3n) is 5.13. The molecule has 1 aromatic heterocycles. The first kappa shape index (κ1) is 17.0. The highest BCUT2D eigenvalue weighted by Gasteiger charge is 2.33. The molecule has 2 fully saturated rings. The molecule has 1 atom stereocenters. The number of anilines is 1. The van der Waals surface area contributed by atoms with Crippen molar-refractivity contribution in [2.75, 3.05) is 44.2 Å². The summed E-state index contributed by atoms with van der Waals surface area (Å²) in [7, 11) is 0. The van der Waals surface area contributed by atoms with Crippen molar-refractivity contribution in [2.45, 2.75) is 12.3 Å². The lowest BCUT2D eigenvalue weighted by molar-refractivity contribution is -0.138. The number of thiazole rings is 1. The number of nitrogens with zero attached hydrogens (tertiary/aromatic N) is 4. The number of hydrogen-bond donors (Lipinski definition) is 0. The molecule has 2 aliphatic rings. The zero-order valence-electron chi connectivity index (χ0n) is 14.6. The fourth-order valence-electron chi connectivity index (χ4n) is 3.66. The van der Waals surface area contributed by atoms with E-state index in [9.17, 15) is 9.59 Å². The Morgan fingerprint density at radius 1 is 1.15 bits per heavy atom. The predicted molar refractivity (Wildman–Crippen MR) is 101 cm³/mol. The predicted octanol–water partition coefficient (Wildman–Crippen LogP) is 1.81. The highest BCUT2D eigenvalue weighted by molar-refractivity contribution is 7.13. The van der Waals surface area contributed by atoms with Gasteiger partial charge in [0.15, 0.2) is 5.13 Å². The molecule has 2 aromatic rings. The molecular weight excluding hydrogens is 348 g/mol. The average Bonchev–Trinajstić information content (AvgIpc) is 3.33. The normalized spacial score (nSPS) is 20.7. The topological polar surface area (TPSA) is 56.8 Å². The molecule has 3 heterocycles. The summed E-state index contributed by atoms with van der Waals surface area (Å²) in [4.78, 5) is 35.1. The molecule has 26 heavy (non-hydrogen) atoms. The Morgan fingerprint density at radius 3 is 2.62 bits per heavy atom. The second-order valence-electron chi connectivity index (χ2n) is 6.77. The van der Waals surface area contributed by atoms with E-state index >= 15 is 0 Å². The molecule has 6 nitrogen and oxygen atoms in total. The van der Waals surface area contributed by atoms with Gasteiger partial charge in [0.1, 0.15) is 0 Å². The maximum atomic E-state index is 12.6. The van der Waals surface area contributed by atoms with Crippen LogP contribution in [0.15, 0.2) is 41.9 Å². The highest BCUT2D eigenvalue weighted by atomic mass is 32.1. The summed E-state index contributed by atoms with van der Waals surface area (Å²) in [6, 6.07) is 10.1. The van der Waals surface area contributed by atoms with Crippen LogP contribution in [0.3, 0.4) is 0 Å². The maximum Gasteiger partial charge on any atom is 0.242 e. The fourth-order valence-corrected chi connectivity index (χ4v) is 4.35. The van der Waals surface area contributed by atoms with E-state index in [1.807, 2.05) is 28.5 Å². The van der Waals surface area contributed by atoms with Gasteiger partial charge in [0.2, 0.25) is 11.8 Å². The number of carbonyl (C=O) groups is 2. The molecule has 136 valence electrons. The number of benzene rings is 1. The van der Waals surface area contributed by atoms with Crippen LogP contribution in [0.25, 0.3) is 0 Å². The third-order valence-corrected chi connectivity index (χ3v) is 5.97. The molecule has 1 aromatic carbocycles. The van der Waals surface area contributed by atoms with Gasteiger partial charge in [-0.25, -0.2) is 4.98 Å². The zero-order valence-corrected chi connectivity index (χ0v) is 15.4. The highest BCUT2D eigenvalue weighted by Crippen LogP contribution is 2.28. The lowest BCUT2D eigenvalue weighted by atomic mass is 9.99. The van der Waals surface area contributed by atoms with E-state index in [0.29, 0.717) is 26.1 Å². The molecule has 7 heteroatoms. The fraction of sp³-hybridized carbons (Fsp3) is 0.421. The van der Waals surface area contributed by atoms with E-state index in [2.05, 4.69) is 22.0 Å². The first-order valence-corrected chi connectivity index (χ1v) is 9.83. The smallest absolute Gasteiger partial charge is 0.242 e. The Hall–Kier alpha value is -2.41. The number of carbonyl (C=O) groups excluding carboxylic acids is 2. The Morgan fingerprint density at radius 2 is 1.92 bits per heavy atom. The molecular formula is C19H22N4O2S. The number of likely N-dealkylation sites (tertiary alicyclic amines) is 1. The first-order chi connectivity index (χ1) is 12.7. The minimum Gasteiger partial charge on any atom is -0.345 e. The summed E-state index contributed by atoms with van der Waals surface area (Å²) >= 11 is 1.62. The monoisotopic (exact) mass is 370 g/mol. The molecule has 1 unspecified atom stereocenters. The van der Waals surface area contributed by atoms with E-state index in [4.69, 9.17) is 0 Å². The largest absolute Gasteiger partial charge is 0.345 e. The molecule has 2 saturated heterocycles. The van der Waals surface area contributed by atoms with Crippen molar-refractivity contribution in [3.05, 3.63) is 47.5 Å². The number of aromatic nitrogens is 1. The van der Waals surface area contributed by atoms with Crippen LogP contribution in [-0.2, 0) is 9.59 Å². The van der Waals surface area contributed by atoms with Crippen LogP contribution in [0.4, 0.5) is 5.13 Å². The van der Waals surface area contributed by atoms with Crippen molar-refractivity contribution in [2.24, 2.45) is 0 Å². The lowest BCUT2D eigenvalue weighted by Gasteiger charge is -2.35. The van der Waals surface area contributed by atoms with Crippen LogP contribution in [0.2, 0.25) is 0 Å². The molecule has 0 radical (unpaired) electrons. The van der Waals surface area contributed by atoms with E-state index < -0.39 is 0 Å². The summed E-state index contributed by atoms with van der Waals surface area (Å²) < 4.78 is 0. The summed E-state index contributed by atoms with van der Waals surface area (Å²) in [6.07, 6.45) is 2.30. The third kappa shape index (κ3) is 3.58. The number of amides is 2. The number of piperazine rings is 1. The van der Waals surface area contributed by atoms with Gasteiger partial charge in [-0.3, -0.25) is 9.59 Å². The standard InChI is InChI=1S/C19H22N4O2S/c24-17-12-16(15-4-2-1-3-5-15)13-23(17)14-18(25)21-7-9-22(10-8-21)19-20-6-11-26-19/h1-6,11,16H,7-10,12-14H2. The van der Waals surface area contributed by atoms with Gasteiger partial charge in [-0.1, -0.05) is 30.3 Å². The minimum absolute atomic E-state index is 0.0471. The van der Waals surface area contributed by atoms with Gasteiger partial charge in [0, 0.05) is 56.6 Å². The van der Waals surface area contributed by atoms with Crippen molar-refractivity contribution < 1.29 is 9.59 Å². The average molecular weight is 370 g/mol. The van der Waals surface area contributed by atoms with E-state index in [-0.39, 0.29) is 24.3 Å². The Bertz CT molecular complexity index is 757. The molecule has 2 aliphatic heterocycles. The van der Waals surface area contributed by atoms with Gasteiger partial charge in [-0.15, -0.1) is 11.3 Å². The summed E-state index contributed by atoms with van der Waals surface area (Å²) in [5.74, 6) is 0.317. The minimum atomic E-state index is 0.0471. The number of rotatable bonds is 4. The van der Waals surface area contributed by atoms with Crippen LogP contribution < -0.4 is 4.90 Å². The van der Waals surface area contributed by atoms with Crippen LogP contribution in [-0.4, -0.2) is 65.9 Å².